The predicted molar refractivity (Wildman–Crippen MR) is 89.7 cm³/mol. The molecule has 0 atom stereocenters. The van der Waals surface area contributed by atoms with Crippen molar-refractivity contribution >= 4 is 23.2 Å². The van der Waals surface area contributed by atoms with E-state index in [9.17, 15) is 14.4 Å². The van der Waals surface area contributed by atoms with Crippen LogP contribution in [0.3, 0.4) is 0 Å². The van der Waals surface area contributed by atoms with Crippen LogP contribution >= 0.6 is 0 Å². The second kappa shape index (κ2) is 6.91. The third-order valence-electron chi connectivity index (χ3n) is 3.34. The topological polar surface area (TPSA) is 91.1 Å². The number of hydrogen-bond acceptors (Lipinski definition) is 3. The smallest absolute Gasteiger partial charge is 0.261 e. The number of nitrogens with one attached hydrogen (secondary N) is 3. The zero-order valence-corrected chi connectivity index (χ0v) is 13.3. The van der Waals surface area contributed by atoms with Gasteiger partial charge in [0.05, 0.1) is 0 Å². The maximum atomic E-state index is 12.2. The predicted octanol–water partition coefficient (Wildman–Crippen LogP) is 2.53. The fraction of sp³-hybridized carbons (Fsp3) is 0.235. The Morgan fingerprint density at radius 3 is 2.52 bits per heavy atom. The van der Waals surface area contributed by atoms with Gasteiger partial charge >= 0.3 is 0 Å². The normalized spacial score (nSPS) is 10.4. The molecule has 0 bridgehead atoms. The number of rotatable bonds is 4. The molecular weight excluding hydrogens is 294 g/mol. The monoisotopic (exact) mass is 313 g/mol. The molecule has 0 aliphatic heterocycles. The first-order valence-corrected chi connectivity index (χ1v) is 7.29. The Bertz CT molecular complexity index is 794. The second-order valence-corrected chi connectivity index (χ2v) is 5.54. The molecule has 0 saturated carbocycles. The average Bonchev–Trinajstić information content (AvgIpc) is 2.50. The molecule has 6 nitrogen and oxygen atoms in total. The highest BCUT2D eigenvalue weighted by molar-refractivity contribution is 6.04. The lowest BCUT2D eigenvalue weighted by Crippen LogP contribution is -2.23. The summed E-state index contributed by atoms with van der Waals surface area (Å²) in [5.74, 6) is -0.745. The van der Waals surface area contributed by atoms with Crippen molar-refractivity contribution < 1.29 is 9.59 Å². The van der Waals surface area contributed by atoms with Crippen molar-refractivity contribution in [3.63, 3.8) is 0 Å². The summed E-state index contributed by atoms with van der Waals surface area (Å²) in [4.78, 5) is 38.1. The summed E-state index contributed by atoms with van der Waals surface area (Å²) in [5.41, 5.74) is 1.54. The molecule has 2 amide bonds. The Morgan fingerprint density at radius 1 is 1.13 bits per heavy atom. The van der Waals surface area contributed by atoms with Crippen LogP contribution in [-0.2, 0) is 4.79 Å². The van der Waals surface area contributed by atoms with E-state index in [1.165, 1.54) is 12.3 Å². The van der Waals surface area contributed by atoms with Gasteiger partial charge < -0.3 is 15.6 Å². The summed E-state index contributed by atoms with van der Waals surface area (Å²) in [5, 5.41) is 5.48. The molecule has 0 aliphatic rings. The second-order valence-electron chi connectivity index (χ2n) is 5.54. The highest BCUT2D eigenvalue weighted by atomic mass is 16.2. The first kappa shape index (κ1) is 16.5. The minimum atomic E-state index is -0.498. The number of aromatic amines is 1. The van der Waals surface area contributed by atoms with E-state index >= 15 is 0 Å². The van der Waals surface area contributed by atoms with E-state index in [0.29, 0.717) is 11.4 Å². The van der Waals surface area contributed by atoms with E-state index in [-0.39, 0.29) is 17.4 Å². The third kappa shape index (κ3) is 4.06. The van der Waals surface area contributed by atoms with Crippen LogP contribution in [0.1, 0.15) is 29.8 Å². The molecule has 0 fully saturated rings. The minimum Gasteiger partial charge on any atom is -0.328 e. The van der Waals surface area contributed by atoms with Gasteiger partial charge in [-0.15, -0.1) is 0 Å². The van der Waals surface area contributed by atoms with Gasteiger partial charge in [-0.1, -0.05) is 19.9 Å². The molecule has 3 N–H and O–H groups in total. The van der Waals surface area contributed by atoms with Crippen LogP contribution in [0.5, 0.6) is 0 Å². The van der Waals surface area contributed by atoms with Crippen molar-refractivity contribution in [2.24, 2.45) is 5.92 Å². The van der Waals surface area contributed by atoms with Gasteiger partial charge in [0, 0.05) is 23.5 Å². The van der Waals surface area contributed by atoms with Crippen molar-refractivity contribution in [3.8, 4) is 0 Å². The number of pyridine rings is 1. The maximum absolute atomic E-state index is 12.2. The van der Waals surface area contributed by atoms with Crippen molar-refractivity contribution in [3.05, 3.63) is 58.0 Å². The molecule has 120 valence electrons. The third-order valence-corrected chi connectivity index (χ3v) is 3.34. The fourth-order valence-electron chi connectivity index (χ4n) is 1.91. The number of hydrogen-bond donors (Lipinski definition) is 3. The summed E-state index contributed by atoms with van der Waals surface area (Å²) >= 11 is 0. The number of anilines is 2. The summed E-state index contributed by atoms with van der Waals surface area (Å²) in [7, 11) is 0. The number of aromatic nitrogens is 1. The van der Waals surface area contributed by atoms with E-state index in [1.807, 2.05) is 6.92 Å². The van der Waals surface area contributed by atoms with Gasteiger partial charge in [-0.2, -0.15) is 0 Å². The van der Waals surface area contributed by atoms with E-state index in [0.717, 1.165) is 5.56 Å². The van der Waals surface area contributed by atoms with Crippen LogP contribution in [0.15, 0.2) is 41.3 Å². The average molecular weight is 313 g/mol. The van der Waals surface area contributed by atoms with Crippen LogP contribution in [0.25, 0.3) is 0 Å². The molecular formula is C17H19N3O3. The van der Waals surface area contributed by atoms with Gasteiger partial charge in [0.2, 0.25) is 5.91 Å². The van der Waals surface area contributed by atoms with Gasteiger partial charge in [0.15, 0.2) is 0 Å². The molecule has 0 unspecified atom stereocenters. The zero-order chi connectivity index (χ0) is 17.0. The maximum Gasteiger partial charge on any atom is 0.261 e. The molecule has 0 aliphatic carbocycles. The summed E-state index contributed by atoms with van der Waals surface area (Å²) in [6.07, 6.45) is 1.46. The van der Waals surface area contributed by atoms with Crippen LogP contribution in [0.4, 0.5) is 11.4 Å². The highest BCUT2D eigenvalue weighted by Crippen LogP contribution is 2.21. The first-order valence-electron chi connectivity index (χ1n) is 7.29. The van der Waals surface area contributed by atoms with E-state index in [4.69, 9.17) is 0 Å². The number of H-pyrrole nitrogens is 1. The molecule has 2 aromatic rings. The van der Waals surface area contributed by atoms with Gasteiger partial charge in [-0.3, -0.25) is 14.4 Å². The molecule has 6 heteroatoms. The van der Waals surface area contributed by atoms with E-state index < -0.39 is 11.5 Å². The van der Waals surface area contributed by atoms with Gasteiger partial charge in [-0.25, -0.2) is 0 Å². The van der Waals surface area contributed by atoms with Crippen molar-refractivity contribution in [2.75, 3.05) is 10.6 Å². The van der Waals surface area contributed by atoms with Gasteiger partial charge in [0.25, 0.3) is 11.5 Å². The Balaban J connectivity index is 2.23. The Kier molecular flexibility index (Phi) is 4.95. The van der Waals surface area contributed by atoms with E-state index in [2.05, 4.69) is 15.6 Å². The fourth-order valence-corrected chi connectivity index (χ4v) is 1.91. The Hall–Kier alpha value is -2.89. The molecule has 1 aromatic heterocycles. The van der Waals surface area contributed by atoms with Crippen LogP contribution in [0, 0.1) is 12.8 Å². The minimum absolute atomic E-state index is 0.0310. The van der Waals surface area contributed by atoms with Crippen LogP contribution in [-0.4, -0.2) is 16.8 Å². The van der Waals surface area contributed by atoms with E-state index in [1.54, 1.807) is 38.1 Å². The number of aryl methyl sites for hydroxylation is 1. The number of carbonyl (C=O) groups is 2. The van der Waals surface area contributed by atoms with Crippen LogP contribution in [0.2, 0.25) is 0 Å². The Labute approximate surface area is 133 Å². The van der Waals surface area contributed by atoms with Crippen molar-refractivity contribution in [1.29, 1.82) is 0 Å². The molecule has 23 heavy (non-hydrogen) atoms. The SMILES string of the molecule is Cc1ccc(NC(=O)C(C)C)cc1NC(=O)c1ccc[nH]c1=O. The van der Waals surface area contributed by atoms with Gasteiger partial charge in [0.1, 0.15) is 5.56 Å². The first-order chi connectivity index (χ1) is 10.9. The number of carbonyl (C=O) groups excluding carboxylic acids is 2. The summed E-state index contributed by atoms with van der Waals surface area (Å²) in [6, 6.07) is 8.27. The van der Waals surface area contributed by atoms with Crippen LogP contribution < -0.4 is 16.2 Å². The quantitative estimate of drug-likeness (QED) is 0.810. The molecule has 1 heterocycles. The zero-order valence-electron chi connectivity index (χ0n) is 13.3. The van der Waals surface area contributed by atoms with Crippen molar-refractivity contribution in [2.45, 2.75) is 20.8 Å². The molecule has 2 rings (SSSR count). The molecule has 0 saturated heterocycles. The summed E-state index contributed by atoms with van der Waals surface area (Å²) in [6.45, 7) is 5.43. The van der Waals surface area contributed by atoms with Gasteiger partial charge in [-0.05, 0) is 36.8 Å². The molecule has 0 spiro atoms. The molecule has 0 radical (unpaired) electrons. The number of benzene rings is 1. The Morgan fingerprint density at radius 2 is 1.87 bits per heavy atom. The number of amides is 2. The molecule has 1 aromatic carbocycles. The lowest BCUT2D eigenvalue weighted by atomic mass is 10.1. The lowest BCUT2D eigenvalue weighted by molar-refractivity contribution is -0.118. The highest BCUT2D eigenvalue weighted by Gasteiger charge is 2.13. The lowest BCUT2D eigenvalue weighted by Gasteiger charge is -2.12. The summed E-state index contributed by atoms with van der Waals surface area (Å²) < 4.78 is 0. The largest absolute Gasteiger partial charge is 0.328 e. The standard InChI is InChI=1S/C17H19N3O3/c1-10(2)15(21)19-12-7-6-11(3)14(9-12)20-17(23)13-5-4-8-18-16(13)22/h4-10H,1-3H3,(H,18,22)(H,19,21)(H,20,23). The van der Waals surface area contributed by atoms with Crippen molar-refractivity contribution in [1.82, 2.24) is 4.98 Å².